The number of nitrogens with zero attached hydrogens (tertiary/aromatic N) is 3. The molecule has 10 heteroatoms. The minimum atomic E-state index is -4.52. The van der Waals surface area contributed by atoms with Gasteiger partial charge in [-0.05, 0) is 23.8 Å². The number of esters is 1. The van der Waals surface area contributed by atoms with Crippen LogP contribution in [0.25, 0.3) is 10.9 Å². The predicted octanol–water partition coefficient (Wildman–Crippen LogP) is 3.73. The molecule has 1 aromatic heterocycles. The van der Waals surface area contributed by atoms with Crippen LogP contribution in [0.4, 0.5) is 18.9 Å². The first-order valence-corrected chi connectivity index (χ1v) is 7.59. The largest absolute Gasteiger partial charge is 0.467 e. The molecule has 0 saturated carbocycles. The van der Waals surface area contributed by atoms with Gasteiger partial charge in [-0.1, -0.05) is 18.2 Å². The second kappa shape index (κ2) is 6.71. The molecule has 0 aliphatic carbocycles. The third-order valence-corrected chi connectivity index (χ3v) is 4.04. The van der Waals surface area contributed by atoms with Gasteiger partial charge in [0.15, 0.2) is 6.04 Å². The number of methoxy groups -OCH3 is 1. The molecule has 7 nitrogen and oxygen atoms in total. The van der Waals surface area contributed by atoms with Gasteiger partial charge in [0, 0.05) is 6.07 Å². The van der Waals surface area contributed by atoms with Gasteiger partial charge in [-0.15, -0.1) is 0 Å². The van der Waals surface area contributed by atoms with Crippen LogP contribution in [-0.4, -0.2) is 27.8 Å². The second-order valence-electron chi connectivity index (χ2n) is 5.60. The van der Waals surface area contributed by atoms with Crippen LogP contribution in [0, 0.1) is 10.1 Å². The molecule has 0 aliphatic heterocycles. The van der Waals surface area contributed by atoms with Crippen molar-refractivity contribution in [3.63, 3.8) is 0 Å². The summed E-state index contributed by atoms with van der Waals surface area (Å²) in [6.07, 6.45) is -3.29. The van der Waals surface area contributed by atoms with Crippen molar-refractivity contribution in [1.82, 2.24) is 9.78 Å². The van der Waals surface area contributed by atoms with Gasteiger partial charge in [0.1, 0.15) is 0 Å². The van der Waals surface area contributed by atoms with E-state index in [2.05, 4.69) is 5.10 Å². The lowest BCUT2D eigenvalue weighted by molar-refractivity contribution is -0.383. The fourth-order valence-corrected chi connectivity index (χ4v) is 2.76. The molecule has 3 rings (SSSR count). The third kappa shape index (κ3) is 3.33. The molecular weight excluding hydrogens is 367 g/mol. The predicted molar refractivity (Wildman–Crippen MR) is 88.0 cm³/mol. The van der Waals surface area contributed by atoms with Crippen molar-refractivity contribution in [2.75, 3.05) is 7.11 Å². The number of alkyl halides is 3. The van der Waals surface area contributed by atoms with E-state index in [0.717, 1.165) is 31.4 Å². The van der Waals surface area contributed by atoms with Crippen molar-refractivity contribution < 1.29 is 27.6 Å². The number of hydrogen-bond acceptors (Lipinski definition) is 5. The van der Waals surface area contributed by atoms with Crippen LogP contribution in [-0.2, 0) is 15.7 Å². The van der Waals surface area contributed by atoms with E-state index in [1.54, 1.807) is 0 Å². The summed E-state index contributed by atoms with van der Waals surface area (Å²) in [6.45, 7) is 0. The van der Waals surface area contributed by atoms with E-state index in [0.29, 0.717) is 0 Å². The number of rotatable bonds is 4. The maximum absolute atomic E-state index is 12.8. The summed E-state index contributed by atoms with van der Waals surface area (Å²) in [5.74, 6) is -0.772. The zero-order valence-corrected chi connectivity index (χ0v) is 13.8. The molecule has 0 spiro atoms. The Morgan fingerprint density at radius 3 is 2.44 bits per heavy atom. The smallest absolute Gasteiger partial charge is 0.416 e. The van der Waals surface area contributed by atoms with E-state index in [1.807, 2.05) is 0 Å². The van der Waals surface area contributed by atoms with Gasteiger partial charge in [-0.25, -0.2) is 9.48 Å². The number of halogens is 3. The van der Waals surface area contributed by atoms with Crippen molar-refractivity contribution in [1.29, 1.82) is 0 Å². The normalized spacial score (nSPS) is 12.7. The van der Waals surface area contributed by atoms with Gasteiger partial charge in [0.25, 0.3) is 5.69 Å². The highest BCUT2D eigenvalue weighted by molar-refractivity contribution is 5.90. The number of carbonyl (C=O) groups is 1. The average molecular weight is 379 g/mol. The minimum Gasteiger partial charge on any atom is -0.467 e. The molecular formula is C17H12F3N3O4. The molecule has 0 radical (unpaired) electrons. The summed E-state index contributed by atoms with van der Waals surface area (Å²) in [7, 11) is 1.13. The molecule has 140 valence electrons. The van der Waals surface area contributed by atoms with Gasteiger partial charge in [0.05, 0.1) is 34.7 Å². The molecule has 1 unspecified atom stereocenters. The molecule has 1 heterocycles. The van der Waals surface area contributed by atoms with Crippen molar-refractivity contribution >= 4 is 22.6 Å². The summed E-state index contributed by atoms with van der Waals surface area (Å²) in [6, 6.07) is 7.04. The molecule has 1 atom stereocenters. The lowest BCUT2D eigenvalue weighted by atomic mass is 10.0. The third-order valence-electron chi connectivity index (χ3n) is 4.04. The van der Waals surface area contributed by atoms with E-state index in [9.17, 15) is 28.1 Å². The number of ether oxygens (including phenoxy) is 1. The fourth-order valence-electron chi connectivity index (χ4n) is 2.76. The Morgan fingerprint density at radius 2 is 1.89 bits per heavy atom. The van der Waals surface area contributed by atoms with Crippen LogP contribution in [0.1, 0.15) is 17.2 Å². The highest BCUT2D eigenvalue weighted by atomic mass is 19.4. The standard InChI is InChI=1S/C17H12F3N3O4/c1-27-16(24)15(10-5-7-11(8-6-10)17(18,19)20)22-13-3-2-4-14(23(25)26)12(13)9-21-22/h2-9,15H,1H3. The molecule has 2 aromatic carbocycles. The molecule has 0 bridgehead atoms. The van der Waals surface area contributed by atoms with Gasteiger partial charge in [0.2, 0.25) is 0 Å². The van der Waals surface area contributed by atoms with Crippen LogP contribution < -0.4 is 0 Å². The van der Waals surface area contributed by atoms with Crippen LogP contribution in [0.5, 0.6) is 0 Å². The quantitative estimate of drug-likeness (QED) is 0.392. The monoisotopic (exact) mass is 379 g/mol. The maximum atomic E-state index is 12.8. The summed E-state index contributed by atoms with van der Waals surface area (Å²) < 4.78 is 44.3. The molecule has 3 aromatic rings. The Balaban J connectivity index is 2.15. The molecule has 27 heavy (non-hydrogen) atoms. The minimum absolute atomic E-state index is 0.198. The Kier molecular flexibility index (Phi) is 4.56. The average Bonchev–Trinajstić information content (AvgIpc) is 3.05. The lowest BCUT2D eigenvalue weighted by Crippen LogP contribution is -2.23. The molecule has 0 fully saturated rings. The SMILES string of the molecule is COC(=O)C(c1ccc(C(F)(F)F)cc1)n1ncc2c([N+](=O)[O-])cccc21. The maximum Gasteiger partial charge on any atom is 0.416 e. The van der Waals surface area contributed by atoms with Crippen molar-refractivity contribution in [2.24, 2.45) is 0 Å². The van der Waals surface area contributed by atoms with E-state index in [1.165, 1.54) is 29.1 Å². The van der Waals surface area contributed by atoms with Crippen LogP contribution in [0.3, 0.4) is 0 Å². The Labute approximate surface area is 150 Å². The number of non-ortho nitro benzene ring substituents is 1. The highest BCUT2D eigenvalue weighted by Gasteiger charge is 2.32. The number of benzene rings is 2. The van der Waals surface area contributed by atoms with E-state index < -0.39 is 28.7 Å². The molecule has 0 N–H and O–H groups in total. The number of nitro benzene ring substituents is 1. The van der Waals surface area contributed by atoms with Crippen LogP contribution in [0.15, 0.2) is 48.7 Å². The molecule has 0 saturated heterocycles. The Hall–Kier alpha value is -3.43. The highest BCUT2D eigenvalue weighted by Crippen LogP contribution is 2.32. The van der Waals surface area contributed by atoms with Gasteiger partial charge in [-0.3, -0.25) is 10.1 Å². The number of aromatic nitrogens is 2. The van der Waals surface area contributed by atoms with E-state index >= 15 is 0 Å². The molecule has 0 amide bonds. The van der Waals surface area contributed by atoms with Crippen molar-refractivity contribution in [2.45, 2.75) is 12.2 Å². The first-order chi connectivity index (χ1) is 12.7. The fraction of sp³-hybridized carbons (Fsp3) is 0.176. The zero-order valence-electron chi connectivity index (χ0n) is 13.8. The van der Waals surface area contributed by atoms with E-state index in [-0.39, 0.29) is 22.2 Å². The summed E-state index contributed by atoms with van der Waals surface area (Å²) in [5, 5.41) is 15.4. The Morgan fingerprint density at radius 1 is 1.22 bits per heavy atom. The number of fused-ring (bicyclic) bond motifs is 1. The van der Waals surface area contributed by atoms with Gasteiger partial charge < -0.3 is 4.74 Å². The molecule has 0 aliphatic rings. The number of nitro groups is 1. The number of carbonyl (C=O) groups excluding carboxylic acids is 1. The summed E-state index contributed by atoms with van der Waals surface area (Å²) in [5.41, 5.74) is -0.587. The zero-order chi connectivity index (χ0) is 19.8. The van der Waals surface area contributed by atoms with Crippen molar-refractivity contribution in [3.8, 4) is 0 Å². The van der Waals surface area contributed by atoms with Gasteiger partial charge in [-0.2, -0.15) is 18.3 Å². The van der Waals surface area contributed by atoms with Crippen molar-refractivity contribution in [3.05, 3.63) is 69.9 Å². The summed E-state index contributed by atoms with van der Waals surface area (Å²) in [4.78, 5) is 22.9. The van der Waals surface area contributed by atoms with E-state index in [4.69, 9.17) is 4.74 Å². The van der Waals surface area contributed by atoms with Gasteiger partial charge >= 0.3 is 12.1 Å². The first-order valence-electron chi connectivity index (χ1n) is 7.59. The number of hydrogen-bond donors (Lipinski definition) is 0. The summed E-state index contributed by atoms with van der Waals surface area (Å²) >= 11 is 0. The lowest BCUT2D eigenvalue weighted by Gasteiger charge is -2.17. The second-order valence-corrected chi connectivity index (χ2v) is 5.60. The topological polar surface area (TPSA) is 87.3 Å². The van der Waals surface area contributed by atoms with Crippen LogP contribution >= 0.6 is 0 Å². The Bertz CT molecular complexity index is 1010. The van der Waals surface area contributed by atoms with Crippen LogP contribution in [0.2, 0.25) is 0 Å². The first kappa shape index (κ1) is 18.4.